The first-order valence-corrected chi connectivity index (χ1v) is 23.1. The predicted molar refractivity (Wildman–Crippen MR) is 270 cm³/mol. The van der Waals surface area contributed by atoms with Gasteiger partial charge in [0.15, 0.2) is 17.5 Å². The molecule has 0 atom stereocenters. The summed E-state index contributed by atoms with van der Waals surface area (Å²) in [5, 5.41) is 6.42. The molecule has 0 bridgehead atoms. The maximum atomic E-state index is 13.6. The fourth-order valence-electron chi connectivity index (χ4n) is 11.0. The molecule has 3 aromatic heterocycles. The van der Waals surface area contributed by atoms with E-state index in [0.29, 0.717) is 5.56 Å². The summed E-state index contributed by atoms with van der Waals surface area (Å²) in [5.41, 5.74) is 10.6. The summed E-state index contributed by atoms with van der Waals surface area (Å²) in [4.78, 5) is 14.0. The Balaban J connectivity index is 1.03. The minimum absolute atomic E-state index is 0.0675. The first-order chi connectivity index (χ1) is 34.2. The van der Waals surface area contributed by atoms with Crippen LogP contribution >= 0.6 is 0 Å². The molecule has 1 aliphatic rings. The van der Waals surface area contributed by atoms with Gasteiger partial charge in [-0.15, -0.1) is 0 Å². The summed E-state index contributed by atoms with van der Waals surface area (Å²) in [6.45, 7) is 4.68. The maximum Gasteiger partial charge on any atom is 0.416 e. The third-order valence-electron chi connectivity index (χ3n) is 14.1. The second-order valence-corrected chi connectivity index (χ2v) is 18.6. The number of halogens is 6. The van der Waals surface area contributed by atoms with Gasteiger partial charge in [-0.2, -0.15) is 26.3 Å². The number of benzene rings is 9. The Morgan fingerprint density at radius 3 is 1.51 bits per heavy atom. The van der Waals surface area contributed by atoms with E-state index in [9.17, 15) is 26.3 Å². The Morgan fingerprint density at radius 2 is 0.901 bits per heavy atom. The first-order valence-electron chi connectivity index (χ1n) is 23.1. The molecule has 5 nitrogen and oxygen atoms in total. The molecule has 0 aliphatic heterocycles. The van der Waals surface area contributed by atoms with Crippen LogP contribution in [-0.2, 0) is 17.8 Å². The standard InChI is InChI=1S/C60H37F6N5/c1-58(2)46-17-9-6-14-43(46)49-50-44-15-7-10-18-47(44)71(53(50)51-45-16-8-11-19-48(45)70(54(51)52(49)58)41-12-4-3-5-13-41)42-31-26-36-32-38(21-20-37(36)33-42)57-68-55(34-22-27-39(28-23-34)59(61,62)63)67-56(69-57)35-24-29-40(30-25-35)60(64,65)66/h3-33H,1-2H3. The largest absolute Gasteiger partial charge is 0.416 e. The number of para-hydroxylation sites is 3. The van der Waals surface area contributed by atoms with Crippen LogP contribution < -0.4 is 0 Å². The number of hydrogen-bond acceptors (Lipinski definition) is 3. The van der Waals surface area contributed by atoms with Crippen molar-refractivity contribution in [1.82, 2.24) is 24.1 Å². The van der Waals surface area contributed by atoms with Crippen molar-refractivity contribution < 1.29 is 26.3 Å². The SMILES string of the molecule is CC1(C)c2ccccc2-c2c1c1c(c3ccccc3n1-c1ccccc1)c1c2c2ccccc2n1-c1ccc2cc(-c3nc(-c4ccc(C(F)(F)F)cc4)nc(-c4ccc(C(F)(F)F)cc4)n3)ccc2c1. The quantitative estimate of drug-likeness (QED) is 0.162. The van der Waals surface area contributed by atoms with Crippen LogP contribution in [0.15, 0.2) is 188 Å². The number of rotatable bonds is 5. The van der Waals surface area contributed by atoms with Gasteiger partial charge in [0, 0.05) is 55.0 Å². The van der Waals surface area contributed by atoms with Crippen molar-refractivity contribution in [2.45, 2.75) is 31.6 Å². The molecule has 0 N–H and O–H groups in total. The molecule has 12 aromatic rings. The fraction of sp³-hybridized carbons (Fsp3) is 0.0833. The Morgan fingerprint density at radius 1 is 0.423 bits per heavy atom. The zero-order valence-corrected chi connectivity index (χ0v) is 37.9. The van der Waals surface area contributed by atoms with E-state index in [1.165, 1.54) is 57.4 Å². The van der Waals surface area contributed by atoms with Gasteiger partial charge < -0.3 is 9.13 Å². The summed E-state index contributed by atoms with van der Waals surface area (Å²) in [5.74, 6) is 0.336. The summed E-state index contributed by atoms with van der Waals surface area (Å²) >= 11 is 0. The molecule has 0 fully saturated rings. The lowest BCUT2D eigenvalue weighted by molar-refractivity contribution is -0.138. The van der Waals surface area contributed by atoms with Gasteiger partial charge in [-0.05, 0) is 99.8 Å². The smallest absolute Gasteiger partial charge is 0.309 e. The van der Waals surface area contributed by atoms with E-state index in [2.05, 4.69) is 143 Å². The van der Waals surface area contributed by atoms with Crippen LogP contribution in [0.25, 0.3) is 111 Å². The molecule has 13 rings (SSSR count). The molecule has 9 aromatic carbocycles. The summed E-state index contributed by atoms with van der Waals surface area (Å²) in [7, 11) is 0. The molecule has 0 amide bonds. The van der Waals surface area contributed by atoms with Crippen LogP contribution in [0.1, 0.15) is 36.1 Å². The average Bonchev–Trinajstić information content (AvgIpc) is 3.99. The summed E-state index contributed by atoms with van der Waals surface area (Å²) in [6, 6.07) is 57.6. The molecule has 0 unspecified atom stereocenters. The summed E-state index contributed by atoms with van der Waals surface area (Å²) in [6.07, 6.45) is -9.11. The van der Waals surface area contributed by atoms with Crippen LogP contribution in [0.4, 0.5) is 26.3 Å². The van der Waals surface area contributed by atoms with Gasteiger partial charge in [0.2, 0.25) is 0 Å². The van der Waals surface area contributed by atoms with Crippen molar-refractivity contribution in [3.05, 3.63) is 210 Å². The van der Waals surface area contributed by atoms with E-state index in [4.69, 9.17) is 9.97 Å². The highest BCUT2D eigenvalue weighted by molar-refractivity contribution is 6.32. The van der Waals surface area contributed by atoms with Crippen molar-refractivity contribution in [3.8, 4) is 56.7 Å². The number of nitrogens with zero attached hydrogens (tertiary/aromatic N) is 5. The molecule has 11 heteroatoms. The van der Waals surface area contributed by atoms with E-state index in [0.717, 1.165) is 79.1 Å². The molecule has 344 valence electrons. The van der Waals surface area contributed by atoms with Gasteiger partial charge in [0.05, 0.1) is 33.2 Å². The summed E-state index contributed by atoms with van der Waals surface area (Å²) < 4.78 is 86.2. The Kier molecular flexibility index (Phi) is 9.11. The lowest BCUT2D eigenvalue weighted by atomic mass is 9.81. The van der Waals surface area contributed by atoms with Gasteiger partial charge in [0.1, 0.15) is 0 Å². The third-order valence-corrected chi connectivity index (χ3v) is 14.1. The van der Waals surface area contributed by atoms with E-state index in [-0.39, 0.29) is 34.0 Å². The van der Waals surface area contributed by atoms with E-state index < -0.39 is 23.5 Å². The van der Waals surface area contributed by atoms with Crippen molar-refractivity contribution in [2.24, 2.45) is 0 Å². The number of fused-ring (bicyclic) bond motifs is 13. The van der Waals surface area contributed by atoms with E-state index >= 15 is 0 Å². The van der Waals surface area contributed by atoms with E-state index in [1.54, 1.807) is 0 Å². The first kappa shape index (κ1) is 42.5. The zero-order valence-electron chi connectivity index (χ0n) is 37.9. The topological polar surface area (TPSA) is 48.5 Å². The highest BCUT2D eigenvalue weighted by Crippen LogP contribution is 2.58. The molecule has 0 spiro atoms. The number of alkyl halides is 6. The van der Waals surface area contributed by atoms with Crippen molar-refractivity contribution >= 4 is 54.4 Å². The van der Waals surface area contributed by atoms with Crippen LogP contribution in [0.5, 0.6) is 0 Å². The van der Waals surface area contributed by atoms with Crippen molar-refractivity contribution in [1.29, 1.82) is 0 Å². The average molecular weight is 942 g/mol. The Bertz CT molecular complexity index is 4070. The van der Waals surface area contributed by atoms with Crippen LogP contribution in [0, 0.1) is 0 Å². The van der Waals surface area contributed by atoms with Crippen LogP contribution in [0.2, 0.25) is 0 Å². The molecule has 1 aliphatic carbocycles. The van der Waals surface area contributed by atoms with Crippen LogP contribution in [-0.4, -0.2) is 24.1 Å². The second-order valence-electron chi connectivity index (χ2n) is 18.6. The third kappa shape index (κ3) is 6.52. The van der Waals surface area contributed by atoms with E-state index in [1.807, 2.05) is 24.3 Å². The van der Waals surface area contributed by atoms with Crippen molar-refractivity contribution in [2.75, 3.05) is 0 Å². The number of aromatic nitrogens is 5. The molecule has 3 heterocycles. The van der Waals surface area contributed by atoms with Crippen LogP contribution in [0.3, 0.4) is 0 Å². The normalized spacial score (nSPS) is 13.5. The highest BCUT2D eigenvalue weighted by atomic mass is 19.4. The lowest BCUT2D eigenvalue weighted by Crippen LogP contribution is -2.16. The van der Waals surface area contributed by atoms with Crippen molar-refractivity contribution in [3.63, 3.8) is 0 Å². The highest BCUT2D eigenvalue weighted by Gasteiger charge is 2.42. The van der Waals surface area contributed by atoms with Gasteiger partial charge in [-0.3, -0.25) is 0 Å². The fourth-order valence-corrected chi connectivity index (χ4v) is 11.0. The second kappa shape index (κ2) is 15.2. The molecular formula is C60H37F6N5. The zero-order chi connectivity index (χ0) is 48.6. The van der Waals surface area contributed by atoms with Gasteiger partial charge >= 0.3 is 12.4 Å². The predicted octanol–water partition coefficient (Wildman–Crippen LogP) is 16.6. The molecule has 0 radical (unpaired) electrons. The maximum absolute atomic E-state index is 13.6. The lowest BCUT2D eigenvalue weighted by Gasteiger charge is -2.24. The molecular weight excluding hydrogens is 905 g/mol. The van der Waals surface area contributed by atoms with Gasteiger partial charge in [0.25, 0.3) is 0 Å². The van der Waals surface area contributed by atoms with Gasteiger partial charge in [-0.25, -0.2) is 15.0 Å². The monoisotopic (exact) mass is 941 g/mol. The minimum Gasteiger partial charge on any atom is -0.309 e. The molecule has 0 saturated heterocycles. The Labute approximate surface area is 401 Å². The number of hydrogen-bond donors (Lipinski definition) is 0. The van der Waals surface area contributed by atoms with Gasteiger partial charge in [-0.1, -0.05) is 135 Å². The molecule has 71 heavy (non-hydrogen) atoms. The Hall–Kier alpha value is -8.57. The minimum atomic E-state index is -4.56. The molecule has 0 saturated carbocycles.